The molecule has 0 bridgehead atoms. The van der Waals surface area contributed by atoms with Crippen molar-refractivity contribution >= 4 is 40.3 Å². The third-order valence-electron chi connectivity index (χ3n) is 2.01. The van der Waals surface area contributed by atoms with Crippen LogP contribution in [0.15, 0.2) is 17.3 Å². The fourth-order valence-electron chi connectivity index (χ4n) is 1.21. The molecule has 4 nitrogen and oxygen atoms in total. The highest BCUT2D eigenvalue weighted by atomic mass is 32.2. The van der Waals surface area contributed by atoms with Crippen molar-refractivity contribution in [2.24, 2.45) is 7.05 Å². The van der Waals surface area contributed by atoms with Gasteiger partial charge in [0.2, 0.25) is 0 Å². The van der Waals surface area contributed by atoms with E-state index in [4.69, 9.17) is 12.2 Å². The van der Waals surface area contributed by atoms with Crippen molar-refractivity contribution in [2.45, 2.75) is 0 Å². The number of thioether (sulfide) groups is 1. The molecule has 1 aromatic rings. The van der Waals surface area contributed by atoms with E-state index in [1.165, 1.54) is 16.7 Å². The second-order valence-corrected chi connectivity index (χ2v) is 4.86. The lowest BCUT2D eigenvalue weighted by Crippen LogP contribution is -2.22. The number of nitrogens with zero attached hydrogens (tertiary/aromatic N) is 3. The Hall–Kier alpha value is -1.14. The average molecular weight is 239 g/mol. The van der Waals surface area contributed by atoms with Gasteiger partial charge in [-0.15, -0.1) is 0 Å². The molecular weight excluding hydrogens is 230 g/mol. The zero-order valence-corrected chi connectivity index (χ0v) is 9.93. The normalized spacial score (nSPS) is 19.3. The topological polar surface area (TPSA) is 38.1 Å². The van der Waals surface area contributed by atoms with Crippen LogP contribution in [0.4, 0.5) is 0 Å². The van der Waals surface area contributed by atoms with Gasteiger partial charge in [-0.05, 0) is 6.08 Å². The van der Waals surface area contributed by atoms with Gasteiger partial charge in [-0.3, -0.25) is 14.4 Å². The molecule has 15 heavy (non-hydrogen) atoms. The zero-order valence-electron chi connectivity index (χ0n) is 8.30. The summed E-state index contributed by atoms with van der Waals surface area (Å²) in [6, 6.07) is 0. The Morgan fingerprint density at radius 1 is 1.53 bits per heavy atom. The number of amides is 1. The summed E-state index contributed by atoms with van der Waals surface area (Å²) in [5, 5.41) is 4.03. The van der Waals surface area contributed by atoms with Crippen LogP contribution in [0.5, 0.6) is 0 Å². The minimum absolute atomic E-state index is 0.0474. The maximum Gasteiger partial charge on any atom is 0.265 e. The van der Waals surface area contributed by atoms with Crippen molar-refractivity contribution in [2.75, 3.05) is 7.05 Å². The molecule has 1 saturated heterocycles. The smallest absolute Gasteiger partial charge is 0.265 e. The van der Waals surface area contributed by atoms with Gasteiger partial charge in [0, 0.05) is 25.9 Å². The summed E-state index contributed by atoms with van der Waals surface area (Å²) in [5.74, 6) is -0.0474. The lowest BCUT2D eigenvalue weighted by Gasteiger charge is -2.03. The Morgan fingerprint density at radius 3 is 2.73 bits per heavy atom. The molecule has 0 atom stereocenters. The molecule has 0 saturated carbocycles. The van der Waals surface area contributed by atoms with Crippen LogP contribution in [0.3, 0.4) is 0 Å². The van der Waals surface area contributed by atoms with Crippen LogP contribution >= 0.6 is 24.0 Å². The van der Waals surface area contributed by atoms with E-state index >= 15 is 0 Å². The molecule has 1 aliphatic heterocycles. The lowest BCUT2D eigenvalue weighted by atomic mass is 10.3. The third-order valence-corrected chi connectivity index (χ3v) is 3.49. The zero-order chi connectivity index (χ0) is 11.0. The van der Waals surface area contributed by atoms with Gasteiger partial charge in [-0.25, -0.2) is 0 Å². The molecule has 0 aliphatic carbocycles. The van der Waals surface area contributed by atoms with Crippen LogP contribution in [0.1, 0.15) is 5.56 Å². The van der Waals surface area contributed by atoms with E-state index in [1.54, 1.807) is 24.0 Å². The van der Waals surface area contributed by atoms with Crippen molar-refractivity contribution in [3.05, 3.63) is 22.9 Å². The van der Waals surface area contributed by atoms with Crippen LogP contribution in [0.2, 0.25) is 0 Å². The second-order valence-electron chi connectivity index (χ2n) is 3.19. The number of aromatic nitrogens is 2. The first-order valence-electron chi connectivity index (χ1n) is 4.28. The molecule has 1 fully saturated rings. The Bertz CT molecular complexity index is 464. The van der Waals surface area contributed by atoms with Crippen molar-refractivity contribution in [3.63, 3.8) is 0 Å². The molecule has 0 spiro atoms. The van der Waals surface area contributed by atoms with Gasteiger partial charge in [0.1, 0.15) is 4.32 Å². The number of hydrogen-bond acceptors (Lipinski definition) is 4. The molecule has 0 unspecified atom stereocenters. The number of rotatable bonds is 1. The standard InChI is InChI=1S/C9H9N3OS2/c1-11-5-6(4-10-11)3-7-8(13)12(2)9(14)15-7/h3-5H,1-2H3/b7-3-. The van der Waals surface area contributed by atoms with E-state index in [0.717, 1.165) is 5.56 Å². The first-order chi connectivity index (χ1) is 7.08. The predicted octanol–water partition coefficient (Wildman–Crippen LogP) is 1.25. The summed E-state index contributed by atoms with van der Waals surface area (Å²) in [7, 11) is 3.52. The first-order valence-corrected chi connectivity index (χ1v) is 5.50. The Morgan fingerprint density at radius 2 is 2.27 bits per heavy atom. The van der Waals surface area contributed by atoms with Gasteiger partial charge in [0.15, 0.2) is 0 Å². The van der Waals surface area contributed by atoms with E-state index < -0.39 is 0 Å². The van der Waals surface area contributed by atoms with Gasteiger partial charge in [-0.2, -0.15) is 5.10 Å². The summed E-state index contributed by atoms with van der Waals surface area (Å²) in [5.41, 5.74) is 0.909. The molecule has 2 rings (SSSR count). The molecule has 0 N–H and O–H groups in total. The van der Waals surface area contributed by atoms with Crippen molar-refractivity contribution in [1.29, 1.82) is 0 Å². The van der Waals surface area contributed by atoms with E-state index in [0.29, 0.717) is 9.23 Å². The maximum atomic E-state index is 11.6. The lowest BCUT2D eigenvalue weighted by molar-refractivity contribution is -0.121. The van der Waals surface area contributed by atoms with Crippen molar-refractivity contribution in [1.82, 2.24) is 14.7 Å². The largest absolute Gasteiger partial charge is 0.296 e. The van der Waals surface area contributed by atoms with Crippen LogP contribution in [-0.4, -0.2) is 32.0 Å². The van der Waals surface area contributed by atoms with E-state index in [1.807, 2.05) is 13.2 Å². The number of thiocarbonyl (C=S) groups is 1. The van der Waals surface area contributed by atoms with Crippen LogP contribution in [-0.2, 0) is 11.8 Å². The van der Waals surface area contributed by atoms with Crippen LogP contribution in [0.25, 0.3) is 6.08 Å². The number of carbonyl (C=O) groups is 1. The fourth-order valence-corrected chi connectivity index (χ4v) is 2.39. The van der Waals surface area contributed by atoms with Crippen molar-refractivity contribution in [3.8, 4) is 0 Å². The quantitative estimate of drug-likeness (QED) is 0.546. The summed E-state index contributed by atoms with van der Waals surface area (Å²) in [6.45, 7) is 0. The highest BCUT2D eigenvalue weighted by Crippen LogP contribution is 2.30. The predicted molar refractivity (Wildman–Crippen MR) is 64.1 cm³/mol. The Balaban J connectivity index is 2.29. The summed E-state index contributed by atoms with van der Waals surface area (Å²) < 4.78 is 2.29. The van der Waals surface area contributed by atoms with Crippen molar-refractivity contribution < 1.29 is 4.79 Å². The molecule has 78 valence electrons. The maximum absolute atomic E-state index is 11.6. The Labute approximate surface area is 96.9 Å². The molecule has 1 aromatic heterocycles. The summed E-state index contributed by atoms with van der Waals surface area (Å²) in [6.07, 6.45) is 5.36. The fraction of sp³-hybridized carbons (Fsp3) is 0.222. The third kappa shape index (κ3) is 1.95. The van der Waals surface area contributed by atoms with Gasteiger partial charge in [-0.1, -0.05) is 24.0 Å². The molecule has 0 radical (unpaired) electrons. The number of likely N-dealkylation sites (N-methyl/N-ethyl adjacent to an activating group) is 1. The van der Waals surface area contributed by atoms with E-state index in [2.05, 4.69) is 5.10 Å². The molecule has 1 aliphatic rings. The highest BCUT2D eigenvalue weighted by Gasteiger charge is 2.28. The van der Waals surface area contributed by atoms with Gasteiger partial charge in [0.05, 0.1) is 11.1 Å². The van der Waals surface area contributed by atoms with E-state index in [-0.39, 0.29) is 5.91 Å². The number of carbonyl (C=O) groups excluding carboxylic acids is 1. The molecule has 2 heterocycles. The minimum Gasteiger partial charge on any atom is -0.296 e. The minimum atomic E-state index is -0.0474. The monoisotopic (exact) mass is 239 g/mol. The average Bonchev–Trinajstić information content (AvgIpc) is 2.68. The SMILES string of the molecule is CN1C(=O)/C(=C/c2cnn(C)c2)SC1=S. The Kier molecular flexibility index (Phi) is 2.62. The van der Waals surface area contributed by atoms with Gasteiger partial charge >= 0.3 is 0 Å². The number of aryl methyl sites for hydroxylation is 1. The molecular formula is C9H9N3OS2. The van der Waals surface area contributed by atoms with Gasteiger partial charge < -0.3 is 0 Å². The highest BCUT2D eigenvalue weighted by molar-refractivity contribution is 8.26. The van der Waals surface area contributed by atoms with Crippen LogP contribution in [0, 0.1) is 0 Å². The molecule has 1 amide bonds. The van der Waals surface area contributed by atoms with Crippen LogP contribution < -0.4 is 0 Å². The van der Waals surface area contributed by atoms with E-state index in [9.17, 15) is 4.79 Å². The second kappa shape index (κ2) is 3.79. The molecule has 6 heteroatoms. The van der Waals surface area contributed by atoms with Gasteiger partial charge in [0.25, 0.3) is 5.91 Å². The summed E-state index contributed by atoms with van der Waals surface area (Å²) >= 11 is 6.34. The number of hydrogen-bond donors (Lipinski definition) is 0. The first kappa shape index (κ1) is 10.4. The summed E-state index contributed by atoms with van der Waals surface area (Å²) in [4.78, 5) is 13.8. The molecule has 0 aromatic carbocycles.